The Labute approximate surface area is 316 Å². The van der Waals surface area contributed by atoms with E-state index < -0.39 is 72.1 Å². The lowest BCUT2D eigenvalue weighted by atomic mass is 9.78. The number of phenolic OH excluding ortho intramolecular Hbond substituents is 1. The molecule has 0 spiro atoms. The summed E-state index contributed by atoms with van der Waals surface area (Å²) in [5, 5.41) is 23.0. The SMILES string of the molecule is Cc1cc(C)c2c(c1)OC(=O)C(CC(C)C)NC(=O)[C@H](c1ccccc1)NC(=O)CNC(=O)CNC(=O)C(CCc1ccc(O)cc1)NC(=O)CC2(C)C. The second-order valence-corrected chi connectivity index (χ2v) is 14.9. The zero-order valence-corrected chi connectivity index (χ0v) is 31.7. The molecule has 4 rings (SSSR count). The normalized spacial score (nSPS) is 20.6. The van der Waals surface area contributed by atoms with E-state index >= 15 is 0 Å². The van der Waals surface area contributed by atoms with E-state index in [1.54, 1.807) is 48.5 Å². The molecule has 5 amide bonds. The van der Waals surface area contributed by atoms with Gasteiger partial charge in [-0.2, -0.15) is 0 Å². The molecule has 54 heavy (non-hydrogen) atoms. The van der Waals surface area contributed by atoms with Crippen LogP contribution in [0.25, 0.3) is 0 Å². The maximum atomic E-state index is 14.0. The summed E-state index contributed by atoms with van der Waals surface area (Å²) in [6.45, 7) is 10.2. The van der Waals surface area contributed by atoms with E-state index in [0.717, 1.165) is 16.7 Å². The topological polar surface area (TPSA) is 192 Å². The molecule has 1 heterocycles. The van der Waals surface area contributed by atoms with Crippen molar-refractivity contribution < 1.29 is 38.6 Å². The summed E-state index contributed by atoms with van der Waals surface area (Å²) in [5.74, 6) is -3.49. The van der Waals surface area contributed by atoms with Crippen LogP contribution in [0.2, 0.25) is 0 Å². The van der Waals surface area contributed by atoms with Gasteiger partial charge in [-0.1, -0.05) is 76.2 Å². The third-order valence-electron chi connectivity index (χ3n) is 9.12. The molecule has 6 N–H and O–H groups in total. The number of carbonyl (C=O) groups excluding carboxylic acids is 6. The highest BCUT2D eigenvalue weighted by Gasteiger charge is 2.35. The Hall–Kier alpha value is -5.72. The quantitative estimate of drug-likeness (QED) is 0.164. The van der Waals surface area contributed by atoms with Crippen LogP contribution < -0.4 is 31.3 Å². The third kappa shape index (κ3) is 11.6. The number of ether oxygens (including phenoxy) is 1. The number of nitrogens with one attached hydrogen (secondary N) is 5. The van der Waals surface area contributed by atoms with Gasteiger partial charge in [0, 0.05) is 17.4 Å². The number of hydrogen-bond donors (Lipinski definition) is 6. The number of amides is 5. The predicted molar refractivity (Wildman–Crippen MR) is 202 cm³/mol. The minimum absolute atomic E-state index is 0.0329. The van der Waals surface area contributed by atoms with Gasteiger partial charge in [0.2, 0.25) is 29.5 Å². The van der Waals surface area contributed by atoms with Crippen molar-refractivity contribution in [1.82, 2.24) is 26.6 Å². The molecule has 288 valence electrons. The molecule has 0 radical (unpaired) electrons. The average molecular weight is 742 g/mol. The van der Waals surface area contributed by atoms with E-state index in [2.05, 4.69) is 26.6 Å². The lowest BCUT2D eigenvalue weighted by Gasteiger charge is -2.30. The van der Waals surface area contributed by atoms with Crippen LogP contribution in [-0.2, 0) is 40.6 Å². The number of rotatable bonds is 6. The minimum Gasteiger partial charge on any atom is -0.508 e. The molecule has 1 aliphatic heterocycles. The van der Waals surface area contributed by atoms with Crippen molar-refractivity contribution in [3.63, 3.8) is 0 Å². The number of benzene rings is 3. The highest BCUT2D eigenvalue weighted by molar-refractivity contribution is 5.94. The van der Waals surface area contributed by atoms with Gasteiger partial charge in [0.15, 0.2) is 0 Å². The first-order chi connectivity index (χ1) is 25.5. The van der Waals surface area contributed by atoms with E-state index in [1.807, 2.05) is 47.6 Å². The van der Waals surface area contributed by atoms with Crippen molar-refractivity contribution in [3.8, 4) is 11.5 Å². The molecule has 0 saturated heterocycles. The second kappa shape index (κ2) is 18.4. The van der Waals surface area contributed by atoms with Gasteiger partial charge in [0.1, 0.15) is 29.6 Å². The van der Waals surface area contributed by atoms with Crippen molar-refractivity contribution in [3.05, 3.63) is 94.5 Å². The number of phenols is 1. The van der Waals surface area contributed by atoms with Crippen LogP contribution in [0.4, 0.5) is 0 Å². The molecule has 13 heteroatoms. The van der Waals surface area contributed by atoms with Crippen LogP contribution in [0, 0.1) is 19.8 Å². The molecule has 13 nitrogen and oxygen atoms in total. The first-order valence-electron chi connectivity index (χ1n) is 18.1. The minimum atomic E-state index is -1.21. The Morgan fingerprint density at radius 1 is 0.778 bits per heavy atom. The first-order valence-corrected chi connectivity index (χ1v) is 18.1. The van der Waals surface area contributed by atoms with Crippen LogP contribution >= 0.6 is 0 Å². The van der Waals surface area contributed by atoms with Crippen LogP contribution in [0.3, 0.4) is 0 Å². The predicted octanol–water partition coefficient (Wildman–Crippen LogP) is 3.33. The lowest BCUT2D eigenvalue weighted by Crippen LogP contribution is -2.51. The molecular weight excluding hydrogens is 690 g/mol. The lowest BCUT2D eigenvalue weighted by molar-refractivity contribution is -0.140. The van der Waals surface area contributed by atoms with Crippen LogP contribution in [0.15, 0.2) is 66.7 Å². The zero-order chi connectivity index (χ0) is 39.6. The van der Waals surface area contributed by atoms with Crippen molar-refractivity contribution in [2.45, 2.75) is 90.8 Å². The molecule has 3 aromatic carbocycles. The Morgan fingerprint density at radius 2 is 1.44 bits per heavy atom. The molecule has 0 saturated carbocycles. The van der Waals surface area contributed by atoms with Crippen molar-refractivity contribution in [2.75, 3.05) is 13.1 Å². The summed E-state index contributed by atoms with van der Waals surface area (Å²) in [6.07, 6.45) is 0.690. The number of carbonyl (C=O) groups is 6. The number of esters is 1. The molecule has 0 fully saturated rings. The van der Waals surface area contributed by atoms with Gasteiger partial charge in [-0.25, -0.2) is 4.79 Å². The van der Waals surface area contributed by atoms with Crippen molar-refractivity contribution in [1.29, 1.82) is 0 Å². The fraction of sp³-hybridized carbons (Fsp3) is 0.415. The average Bonchev–Trinajstić information content (AvgIpc) is 3.09. The van der Waals surface area contributed by atoms with Gasteiger partial charge in [0.25, 0.3) is 0 Å². The molecule has 0 aromatic heterocycles. The summed E-state index contributed by atoms with van der Waals surface area (Å²) in [5.41, 5.74) is 2.56. The first kappa shape index (κ1) is 41.0. The molecule has 2 unspecified atom stereocenters. The largest absolute Gasteiger partial charge is 0.508 e. The number of aryl methyl sites for hydroxylation is 3. The standard InChI is InChI=1S/C41H51N5O8/c1-24(2)18-31-40(53)54-32-20-25(3)19-26(4)36(32)41(5,6)21-33(48)44-30(17-14-27-12-15-29(47)16-13-27)38(51)43-22-34(49)42-23-35(50)46-37(39(52)45-31)28-10-8-7-9-11-28/h7-13,15-16,19-20,24,30-31,37,47H,14,17-18,21-23H2,1-6H3,(H,42,49)(H,43,51)(H,44,48)(H,45,52)(H,46,50)/t30?,31?,37-/m0/s1. The maximum Gasteiger partial charge on any atom is 0.334 e. The van der Waals surface area contributed by atoms with E-state index in [0.29, 0.717) is 17.5 Å². The van der Waals surface area contributed by atoms with Crippen LogP contribution in [0.1, 0.15) is 80.8 Å². The van der Waals surface area contributed by atoms with Crippen molar-refractivity contribution >= 4 is 35.5 Å². The van der Waals surface area contributed by atoms with E-state index in [4.69, 9.17) is 4.74 Å². The summed E-state index contributed by atoms with van der Waals surface area (Å²) in [7, 11) is 0. The monoisotopic (exact) mass is 741 g/mol. The van der Waals surface area contributed by atoms with Crippen LogP contribution in [0.5, 0.6) is 11.5 Å². The highest BCUT2D eigenvalue weighted by atomic mass is 16.5. The Balaban J connectivity index is 1.72. The van der Waals surface area contributed by atoms with Gasteiger partial charge in [-0.15, -0.1) is 0 Å². The van der Waals surface area contributed by atoms with Gasteiger partial charge in [-0.05, 0) is 79.5 Å². The molecular formula is C41H51N5O8. The maximum absolute atomic E-state index is 14.0. The van der Waals surface area contributed by atoms with Gasteiger partial charge >= 0.3 is 5.97 Å². The van der Waals surface area contributed by atoms with Crippen LogP contribution in [-0.4, -0.2) is 65.8 Å². The summed E-state index contributed by atoms with van der Waals surface area (Å²) in [6, 6.07) is 15.3. The van der Waals surface area contributed by atoms with Gasteiger partial charge in [0.05, 0.1) is 13.1 Å². The smallest absolute Gasteiger partial charge is 0.334 e. The number of fused-ring (bicyclic) bond motifs is 1. The Kier molecular flexibility index (Phi) is 13.9. The molecule has 0 bridgehead atoms. The van der Waals surface area contributed by atoms with Gasteiger partial charge < -0.3 is 36.4 Å². The fourth-order valence-electron chi connectivity index (χ4n) is 6.66. The van der Waals surface area contributed by atoms with E-state index in [1.165, 1.54) is 12.1 Å². The summed E-state index contributed by atoms with van der Waals surface area (Å²) in [4.78, 5) is 80.9. The molecule has 0 aliphatic carbocycles. The third-order valence-corrected chi connectivity index (χ3v) is 9.12. The highest BCUT2D eigenvalue weighted by Crippen LogP contribution is 2.38. The molecule has 3 atom stereocenters. The number of hydrogen-bond acceptors (Lipinski definition) is 8. The second-order valence-electron chi connectivity index (χ2n) is 14.9. The van der Waals surface area contributed by atoms with Gasteiger partial charge in [-0.3, -0.25) is 24.0 Å². The van der Waals surface area contributed by atoms with Crippen molar-refractivity contribution in [2.24, 2.45) is 5.92 Å². The Bertz CT molecular complexity index is 1840. The number of aromatic hydroxyl groups is 1. The zero-order valence-electron chi connectivity index (χ0n) is 31.7. The summed E-state index contributed by atoms with van der Waals surface area (Å²) >= 11 is 0. The van der Waals surface area contributed by atoms with E-state index in [9.17, 15) is 33.9 Å². The molecule has 3 aromatic rings. The molecule has 1 aliphatic rings. The Morgan fingerprint density at radius 3 is 2.11 bits per heavy atom. The van der Waals surface area contributed by atoms with E-state index in [-0.39, 0.29) is 36.7 Å². The summed E-state index contributed by atoms with van der Waals surface area (Å²) < 4.78 is 6.09. The fourth-order valence-corrected chi connectivity index (χ4v) is 6.66.